The molecular weight excluding hydrogens is 244 g/mol. The molecule has 0 aliphatic carbocycles. The lowest BCUT2D eigenvalue weighted by atomic mass is 10.1. The van der Waals surface area contributed by atoms with Gasteiger partial charge >= 0.3 is 0 Å². The SMILES string of the molecule is CSCCCNC(=O)c1cc(Cl)ccc1N. The maximum Gasteiger partial charge on any atom is 0.253 e. The summed E-state index contributed by atoms with van der Waals surface area (Å²) in [6.07, 6.45) is 2.99. The van der Waals surface area contributed by atoms with Gasteiger partial charge in [-0.3, -0.25) is 4.79 Å². The molecule has 0 saturated heterocycles. The minimum absolute atomic E-state index is 0.166. The van der Waals surface area contributed by atoms with Crippen molar-refractivity contribution < 1.29 is 4.79 Å². The summed E-state index contributed by atoms with van der Waals surface area (Å²) in [4.78, 5) is 11.7. The highest BCUT2D eigenvalue weighted by Gasteiger charge is 2.09. The van der Waals surface area contributed by atoms with E-state index in [9.17, 15) is 4.79 Å². The second-order valence-corrected chi connectivity index (χ2v) is 4.76. The van der Waals surface area contributed by atoms with Crippen molar-refractivity contribution in [3.63, 3.8) is 0 Å². The Morgan fingerprint density at radius 1 is 1.56 bits per heavy atom. The summed E-state index contributed by atoms with van der Waals surface area (Å²) in [5.41, 5.74) is 6.59. The van der Waals surface area contributed by atoms with Crippen LogP contribution in [-0.2, 0) is 0 Å². The molecule has 0 spiro atoms. The summed E-state index contributed by atoms with van der Waals surface area (Å²) in [5.74, 6) is 0.867. The van der Waals surface area contributed by atoms with Crippen LogP contribution in [0.2, 0.25) is 5.02 Å². The number of amides is 1. The van der Waals surface area contributed by atoms with Crippen LogP contribution in [0.5, 0.6) is 0 Å². The Labute approximate surface area is 105 Å². The van der Waals surface area contributed by atoms with Crippen molar-refractivity contribution in [2.45, 2.75) is 6.42 Å². The second-order valence-electron chi connectivity index (χ2n) is 3.33. The van der Waals surface area contributed by atoms with Gasteiger partial charge < -0.3 is 11.1 Å². The number of hydrogen-bond acceptors (Lipinski definition) is 3. The number of carbonyl (C=O) groups excluding carboxylic acids is 1. The van der Waals surface area contributed by atoms with Gasteiger partial charge in [0.25, 0.3) is 5.91 Å². The molecule has 0 aliphatic rings. The van der Waals surface area contributed by atoms with Gasteiger partial charge in [-0.1, -0.05) is 11.6 Å². The molecule has 1 aromatic carbocycles. The third-order valence-corrected chi connectivity index (χ3v) is 3.00. The highest BCUT2D eigenvalue weighted by molar-refractivity contribution is 7.98. The first-order chi connectivity index (χ1) is 7.65. The van der Waals surface area contributed by atoms with E-state index < -0.39 is 0 Å². The average molecular weight is 259 g/mol. The Morgan fingerprint density at radius 3 is 3.00 bits per heavy atom. The van der Waals surface area contributed by atoms with Crippen molar-refractivity contribution in [2.75, 3.05) is 24.3 Å². The van der Waals surface area contributed by atoms with E-state index >= 15 is 0 Å². The van der Waals surface area contributed by atoms with Crippen LogP contribution >= 0.6 is 23.4 Å². The number of nitrogens with one attached hydrogen (secondary N) is 1. The highest BCUT2D eigenvalue weighted by atomic mass is 35.5. The van der Waals surface area contributed by atoms with Crippen LogP contribution < -0.4 is 11.1 Å². The number of halogens is 1. The monoisotopic (exact) mass is 258 g/mol. The average Bonchev–Trinajstić information content (AvgIpc) is 2.27. The fraction of sp³-hybridized carbons (Fsp3) is 0.364. The first-order valence-corrected chi connectivity index (χ1v) is 6.74. The molecule has 0 radical (unpaired) electrons. The van der Waals surface area contributed by atoms with Crippen LogP contribution in [-0.4, -0.2) is 24.5 Å². The molecular formula is C11H15ClN2OS. The van der Waals surface area contributed by atoms with Crippen LogP contribution in [0.25, 0.3) is 0 Å². The lowest BCUT2D eigenvalue weighted by molar-refractivity contribution is 0.0954. The zero-order valence-electron chi connectivity index (χ0n) is 9.13. The normalized spacial score (nSPS) is 10.1. The van der Waals surface area contributed by atoms with Crippen molar-refractivity contribution in [1.82, 2.24) is 5.32 Å². The van der Waals surface area contributed by atoms with Crippen LogP contribution in [0.3, 0.4) is 0 Å². The van der Waals surface area contributed by atoms with Crippen LogP contribution in [0, 0.1) is 0 Å². The summed E-state index contributed by atoms with van der Waals surface area (Å²) < 4.78 is 0. The molecule has 0 aliphatic heterocycles. The summed E-state index contributed by atoms with van der Waals surface area (Å²) in [6, 6.07) is 4.89. The molecule has 0 heterocycles. The quantitative estimate of drug-likeness (QED) is 0.630. The Balaban J connectivity index is 2.55. The Kier molecular flexibility index (Phi) is 5.49. The largest absolute Gasteiger partial charge is 0.398 e. The number of thioether (sulfide) groups is 1. The molecule has 3 N–H and O–H groups in total. The number of carbonyl (C=O) groups is 1. The lowest BCUT2D eigenvalue weighted by Crippen LogP contribution is -2.25. The Bertz CT molecular complexity index is 371. The minimum Gasteiger partial charge on any atom is -0.398 e. The van der Waals surface area contributed by atoms with E-state index in [1.54, 1.807) is 30.0 Å². The third-order valence-electron chi connectivity index (χ3n) is 2.07. The molecule has 1 rings (SSSR count). The van der Waals surface area contributed by atoms with Crippen molar-refractivity contribution in [2.24, 2.45) is 0 Å². The van der Waals surface area contributed by atoms with Gasteiger partial charge in [0.1, 0.15) is 0 Å². The predicted octanol–water partition coefficient (Wildman–Crippen LogP) is 2.41. The number of nitrogen functional groups attached to an aromatic ring is 1. The molecule has 0 atom stereocenters. The number of nitrogens with two attached hydrogens (primary N) is 1. The van der Waals surface area contributed by atoms with Gasteiger partial charge in [-0.05, 0) is 36.6 Å². The molecule has 0 saturated carbocycles. The fourth-order valence-corrected chi connectivity index (χ4v) is 1.84. The van der Waals surface area contributed by atoms with Crippen molar-refractivity contribution in [3.8, 4) is 0 Å². The number of rotatable bonds is 5. The summed E-state index contributed by atoms with van der Waals surface area (Å²) in [7, 11) is 0. The topological polar surface area (TPSA) is 55.1 Å². The summed E-state index contributed by atoms with van der Waals surface area (Å²) in [5, 5.41) is 3.33. The van der Waals surface area contributed by atoms with Gasteiger partial charge in [0.05, 0.1) is 5.56 Å². The second kappa shape index (κ2) is 6.66. The van der Waals surface area contributed by atoms with Gasteiger partial charge in [0.2, 0.25) is 0 Å². The Hall–Kier alpha value is -0.870. The van der Waals surface area contributed by atoms with Crippen LogP contribution in [0.15, 0.2) is 18.2 Å². The first-order valence-electron chi connectivity index (χ1n) is 4.97. The zero-order chi connectivity index (χ0) is 12.0. The molecule has 0 fully saturated rings. The van der Waals surface area contributed by atoms with E-state index in [-0.39, 0.29) is 5.91 Å². The molecule has 0 aromatic heterocycles. The number of hydrogen-bond donors (Lipinski definition) is 2. The van der Waals surface area contributed by atoms with Gasteiger partial charge in [0.15, 0.2) is 0 Å². The van der Waals surface area contributed by atoms with E-state index in [4.69, 9.17) is 17.3 Å². The molecule has 5 heteroatoms. The standard InChI is InChI=1S/C11H15ClN2OS/c1-16-6-2-5-14-11(15)9-7-8(12)3-4-10(9)13/h3-4,7H,2,5-6,13H2,1H3,(H,14,15). The van der Waals surface area contributed by atoms with Crippen molar-refractivity contribution in [1.29, 1.82) is 0 Å². The molecule has 0 bridgehead atoms. The zero-order valence-corrected chi connectivity index (χ0v) is 10.7. The van der Waals surface area contributed by atoms with Crippen LogP contribution in [0.4, 0.5) is 5.69 Å². The minimum atomic E-state index is -0.166. The van der Waals surface area contributed by atoms with Gasteiger partial charge in [-0.15, -0.1) is 0 Å². The van der Waals surface area contributed by atoms with Gasteiger partial charge in [0, 0.05) is 17.3 Å². The van der Waals surface area contributed by atoms with Crippen molar-refractivity contribution >= 4 is 35.0 Å². The first kappa shape index (κ1) is 13.2. The van der Waals surface area contributed by atoms with E-state index in [0.717, 1.165) is 12.2 Å². The lowest BCUT2D eigenvalue weighted by Gasteiger charge is -2.07. The van der Waals surface area contributed by atoms with Crippen LogP contribution in [0.1, 0.15) is 16.8 Å². The molecule has 88 valence electrons. The molecule has 0 unspecified atom stereocenters. The molecule has 1 amide bonds. The molecule has 16 heavy (non-hydrogen) atoms. The van der Waals surface area contributed by atoms with Gasteiger partial charge in [-0.25, -0.2) is 0 Å². The summed E-state index contributed by atoms with van der Waals surface area (Å²) in [6.45, 7) is 0.658. The third kappa shape index (κ3) is 3.94. The van der Waals surface area contributed by atoms with E-state index in [0.29, 0.717) is 22.8 Å². The maximum atomic E-state index is 11.7. The number of benzene rings is 1. The van der Waals surface area contributed by atoms with E-state index in [2.05, 4.69) is 5.32 Å². The fourth-order valence-electron chi connectivity index (χ4n) is 1.24. The van der Waals surface area contributed by atoms with Crippen molar-refractivity contribution in [3.05, 3.63) is 28.8 Å². The molecule has 1 aromatic rings. The Morgan fingerprint density at radius 2 is 2.31 bits per heavy atom. The number of anilines is 1. The highest BCUT2D eigenvalue weighted by Crippen LogP contribution is 2.17. The smallest absolute Gasteiger partial charge is 0.253 e. The van der Waals surface area contributed by atoms with Gasteiger partial charge in [-0.2, -0.15) is 11.8 Å². The maximum absolute atomic E-state index is 11.7. The van der Waals surface area contributed by atoms with E-state index in [1.165, 1.54) is 0 Å². The predicted molar refractivity (Wildman–Crippen MR) is 71.2 cm³/mol. The molecule has 3 nitrogen and oxygen atoms in total. The van der Waals surface area contributed by atoms with E-state index in [1.807, 2.05) is 6.26 Å². The summed E-state index contributed by atoms with van der Waals surface area (Å²) >= 11 is 7.56.